The van der Waals surface area contributed by atoms with Crippen LogP contribution in [-0.4, -0.2) is 24.7 Å². The number of ether oxygens (including phenoxy) is 1. The molecule has 3 nitrogen and oxygen atoms in total. The van der Waals surface area contributed by atoms with E-state index in [-0.39, 0.29) is 11.6 Å². The Morgan fingerprint density at radius 3 is 2.65 bits per heavy atom. The Hall–Kier alpha value is -0.570. The highest BCUT2D eigenvalue weighted by molar-refractivity contribution is 5.72. The topological polar surface area (TPSA) is 38.3 Å². The Labute approximate surface area is 105 Å². The molecule has 0 radical (unpaired) electrons. The summed E-state index contributed by atoms with van der Waals surface area (Å²) in [5.74, 6) is 1.43. The van der Waals surface area contributed by atoms with Crippen molar-refractivity contribution in [2.75, 3.05) is 13.1 Å². The Morgan fingerprint density at radius 1 is 1.35 bits per heavy atom. The standard InChI is InChI=1S/C14H27NO2/c1-11-6-5-7-12(8-11)9-15-10-13(16)17-14(2,3)4/h11-12,15H,5-10H2,1-4H3. The molecule has 0 bridgehead atoms. The number of hydrogen-bond acceptors (Lipinski definition) is 3. The second kappa shape index (κ2) is 6.39. The van der Waals surface area contributed by atoms with Crippen LogP contribution >= 0.6 is 0 Å². The molecule has 1 fully saturated rings. The van der Waals surface area contributed by atoms with Crippen molar-refractivity contribution < 1.29 is 9.53 Å². The lowest BCUT2D eigenvalue weighted by molar-refractivity contribution is -0.153. The highest BCUT2D eigenvalue weighted by atomic mass is 16.6. The van der Waals surface area contributed by atoms with Crippen molar-refractivity contribution in [3.8, 4) is 0 Å². The number of nitrogens with one attached hydrogen (secondary N) is 1. The molecule has 0 aromatic heterocycles. The fourth-order valence-electron chi connectivity index (χ4n) is 2.50. The van der Waals surface area contributed by atoms with Crippen LogP contribution in [0.3, 0.4) is 0 Å². The molecule has 0 aromatic carbocycles. The first kappa shape index (κ1) is 14.5. The van der Waals surface area contributed by atoms with Crippen molar-refractivity contribution in [1.82, 2.24) is 5.32 Å². The van der Waals surface area contributed by atoms with E-state index in [9.17, 15) is 4.79 Å². The molecule has 0 amide bonds. The van der Waals surface area contributed by atoms with E-state index < -0.39 is 0 Å². The first-order chi connectivity index (χ1) is 7.87. The van der Waals surface area contributed by atoms with Gasteiger partial charge in [0, 0.05) is 0 Å². The maximum atomic E-state index is 11.5. The van der Waals surface area contributed by atoms with Crippen LogP contribution in [0, 0.1) is 11.8 Å². The highest BCUT2D eigenvalue weighted by Gasteiger charge is 2.19. The zero-order valence-corrected chi connectivity index (χ0v) is 11.7. The first-order valence-electron chi connectivity index (χ1n) is 6.79. The molecule has 1 saturated carbocycles. The molecule has 1 aliphatic rings. The Balaban J connectivity index is 2.13. The third-order valence-electron chi connectivity index (χ3n) is 3.17. The monoisotopic (exact) mass is 241 g/mol. The van der Waals surface area contributed by atoms with Crippen LogP contribution in [0.25, 0.3) is 0 Å². The van der Waals surface area contributed by atoms with Crippen molar-refractivity contribution in [2.24, 2.45) is 11.8 Å². The smallest absolute Gasteiger partial charge is 0.320 e. The summed E-state index contributed by atoms with van der Waals surface area (Å²) in [6.07, 6.45) is 5.29. The largest absolute Gasteiger partial charge is 0.459 e. The van der Waals surface area contributed by atoms with Gasteiger partial charge < -0.3 is 10.1 Å². The average Bonchev–Trinajstić information content (AvgIpc) is 2.14. The zero-order chi connectivity index (χ0) is 12.9. The van der Waals surface area contributed by atoms with Gasteiger partial charge >= 0.3 is 5.97 Å². The zero-order valence-electron chi connectivity index (χ0n) is 11.7. The van der Waals surface area contributed by atoms with Crippen molar-refractivity contribution in [1.29, 1.82) is 0 Å². The predicted molar refractivity (Wildman–Crippen MR) is 69.8 cm³/mol. The number of hydrogen-bond donors (Lipinski definition) is 1. The molecule has 0 aromatic rings. The lowest BCUT2D eigenvalue weighted by atomic mass is 9.82. The second-order valence-corrected chi connectivity index (χ2v) is 6.36. The van der Waals surface area contributed by atoms with Crippen molar-refractivity contribution in [2.45, 2.75) is 59.0 Å². The normalized spacial score (nSPS) is 25.6. The summed E-state index contributed by atoms with van der Waals surface area (Å²) >= 11 is 0. The highest BCUT2D eigenvalue weighted by Crippen LogP contribution is 2.27. The molecule has 1 rings (SSSR count). The minimum atomic E-state index is -0.377. The predicted octanol–water partition coefficient (Wildman–Crippen LogP) is 2.74. The Morgan fingerprint density at radius 2 is 2.06 bits per heavy atom. The summed E-state index contributed by atoms with van der Waals surface area (Å²) in [6, 6.07) is 0. The molecule has 3 heteroatoms. The minimum absolute atomic E-state index is 0.152. The third kappa shape index (κ3) is 6.67. The van der Waals surface area contributed by atoms with Gasteiger partial charge in [-0.25, -0.2) is 0 Å². The van der Waals surface area contributed by atoms with E-state index in [0.717, 1.165) is 18.4 Å². The molecular weight excluding hydrogens is 214 g/mol. The van der Waals surface area contributed by atoms with Gasteiger partial charge in [0.05, 0.1) is 6.54 Å². The van der Waals surface area contributed by atoms with Gasteiger partial charge in [-0.3, -0.25) is 4.79 Å². The van der Waals surface area contributed by atoms with Gasteiger partial charge in [0.2, 0.25) is 0 Å². The van der Waals surface area contributed by atoms with Gasteiger partial charge in [0.15, 0.2) is 0 Å². The van der Waals surface area contributed by atoms with Crippen LogP contribution in [0.5, 0.6) is 0 Å². The number of esters is 1. The molecule has 0 aliphatic heterocycles. The SMILES string of the molecule is CC1CCCC(CNCC(=O)OC(C)(C)C)C1. The summed E-state index contributed by atoms with van der Waals surface area (Å²) in [4.78, 5) is 11.5. The molecule has 0 spiro atoms. The van der Waals surface area contributed by atoms with Crippen LogP contribution in [0.15, 0.2) is 0 Å². The first-order valence-corrected chi connectivity index (χ1v) is 6.79. The van der Waals surface area contributed by atoms with Crippen molar-refractivity contribution in [3.63, 3.8) is 0 Å². The summed E-state index contributed by atoms with van der Waals surface area (Å²) in [6.45, 7) is 9.29. The third-order valence-corrected chi connectivity index (χ3v) is 3.17. The van der Waals surface area contributed by atoms with Gasteiger partial charge in [0.25, 0.3) is 0 Å². The van der Waals surface area contributed by atoms with E-state index in [1.165, 1.54) is 25.7 Å². The maximum Gasteiger partial charge on any atom is 0.320 e. The second-order valence-electron chi connectivity index (χ2n) is 6.36. The molecule has 2 atom stereocenters. The quantitative estimate of drug-likeness (QED) is 0.769. The van der Waals surface area contributed by atoms with Crippen LogP contribution in [0.2, 0.25) is 0 Å². The summed E-state index contributed by atoms with van der Waals surface area (Å²) < 4.78 is 5.25. The van der Waals surface area contributed by atoms with Crippen LogP contribution in [-0.2, 0) is 9.53 Å². The molecule has 1 N–H and O–H groups in total. The Bertz CT molecular complexity index is 245. The van der Waals surface area contributed by atoms with Gasteiger partial charge in [-0.15, -0.1) is 0 Å². The van der Waals surface area contributed by atoms with Gasteiger partial charge in [0.1, 0.15) is 5.60 Å². The van der Waals surface area contributed by atoms with E-state index in [1.54, 1.807) is 0 Å². The minimum Gasteiger partial charge on any atom is -0.459 e. The van der Waals surface area contributed by atoms with Crippen LogP contribution < -0.4 is 5.32 Å². The van der Waals surface area contributed by atoms with E-state index in [4.69, 9.17) is 4.74 Å². The fraction of sp³-hybridized carbons (Fsp3) is 0.929. The van der Waals surface area contributed by atoms with Gasteiger partial charge in [-0.2, -0.15) is 0 Å². The molecular formula is C14H27NO2. The van der Waals surface area contributed by atoms with E-state index in [2.05, 4.69) is 12.2 Å². The maximum absolute atomic E-state index is 11.5. The van der Waals surface area contributed by atoms with Crippen LogP contribution in [0.1, 0.15) is 53.4 Å². The Kier molecular flexibility index (Phi) is 5.44. The summed E-state index contributed by atoms with van der Waals surface area (Å²) in [5.41, 5.74) is -0.377. The lowest BCUT2D eigenvalue weighted by Crippen LogP contribution is -2.34. The van der Waals surface area contributed by atoms with Crippen LogP contribution in [0.4, 0.5) is 0 Å². The van der Waals surface area contributed by atoms with Gasteiger partial charge in [-0.1, -0.05) is 19.8 Å². The average molecular weight is 241 g/mol. The number of carbonyl (C=O) groups excluding carboxylic acids is 1. The van der Waals surface area contributed by atoms with Crippen molar-refractivity contribution in [3.05, 3.63) is 0 Å². The van der Waals surface area contributed by atoms with E-state index in [0.29, 0.717) is 6.54 Å². The summed E-state index contributed by atoms with van der Waals surface area (Å²) in [5, 5.41) is 3.22. The van der Waals surface area contributed by atoms with Gasteiger partial charge in [-0.05, 0) is 52.0 Å². The molecule has 2 unspecified atom stereocenters. The fourth-order valence-corrected chi connectivity index (χ4v) is 2.50. The van der Waals surface area contributed by atoms with Crippen molar-refractivity contribution >= 4 is 5.97 Å². The molecule has 0 heterocycles. The molecule has 1 aliphatic carbocycles. The summed E-state index contributed by atoms with van der Waals surface area (Å²) in [7, 11) is 0. The number of rotatable bonds is 4. The molecule has 17 heavy (non-hydrogen) atoms. The van der Waals surface area contributed by atoms with E-state index >= 15 is 0 Å². The number of carbonyl (C=O) groups is 1. The lowest BCUT2D eigenvalue weighted by Gasteiger charge is -2.27. The molecule has 0 saturated heterocycles. The molecule has 100 valence electrons. The van der Waals surface area contributed by atoms with E-state index in [1.807, 2.05) is 20.8 Å².